The fourth-order valence-corrected chi connectivity index (χ4v) is 1.80. The normalized spacial score (nSPS) is 10.9. The van der Waals surface area contributed by atoms with Crippen molar-refractivity contribution in [3.8, 4) is 11.5 Å². The summed E-state index contributed by atoms with van der Waals surface area (Å²) in [6.45, 7) is 0. The number of nitro groups is 1. The van der Waals surface area contributed by atoms with Gasteiger partial charge in [-0.3, -0.25) is 0 Å². The lowest BCUT2D eigenvalue weighted by atomic mass is 10.4. The van der Waals surface area contributed by atoms with E-state index in [1.807, 2.05) is 0 Å². The number of anilines is 1. The average molecular weight is 275 g/mol. The van der Waals surface area contributed by atoms with Gasteiger partial charge in [-0.05, 0) is 17.1 Å². The smallest absolute Gasteiger partial charge is 0.390 e. The summed E-state index contributed by atoms with van der Waals surface area (Å²) in [6, 6.07) is 3.31. The van der Waals surface area contributed by atoms with E-state index in [9.17, 15) is 10.1 Å². The molecule has 0 saturated carbocycles. The van der Waals surface area contributed by atoms with Crippen molar-refractivity contribution in [3.63, 3.8) is 0 Å². The van der Waals surface area contributed by atoms with Crippen molar-refractivity contribution in [2.24, 2.45) is 12.9 Å². The summed E-state index contributed by atoms with van der Waals surface area (Å²) < 4.78 is 2.73. The highest BCUT2D eigenvalue weighted by Crippen LogP contribution is 2.21. The van der Waals surface area contributed by atoms with Gasteiger partial charge in [0.05, 0.1) is 7.05 Å². The number of aromatic nitrogens is 6. The number of nitrogens with two attached hydrogens (primary N) is 1. The Balaban J connectivity index is 2.21. The molecule has 3 heterocycles. The fourth-order valence-electron chi connectivity index (χ4n) is 1.80. The molecule has 3 aromatic heterocycles. The number of hydrazine groups is 1. The van der Waals surface area contributed by atoms with Crippen molar-refractivity contribution in [2.75, 3.05) is 5.43 Å². The highest BCUT2D eigenvalue weighted by atomic mass is 16.6. The molecule has 0 amide bonds. The third-order valence-corrected chi connectivity index (χ3v) is 2.77. The van der Waals surface area contributed by atoms with Crippen molar-refractivity contribution >= 4 is 17.4 Å². The van der Waals surface area contributed by atoms with Crippen LogP contribution in [0.25, 0.3) is 17.2 Å². The van der Waals surface area contributed by atoms with Crippen LogP contribution in [0.1, 0.15) is 0 Å². The van der Waals surface area contributed by atoms with E-state index in [0.717, 1.165) is 0 Å². The molecule has 11 heteroatoms. The van der Waals surface area contributed by atoms with E-state index < -0.39 is 4.92 Å². The van der Waals surface area contributed by atoms with Crippen molar-refractivity contribution in [3.05, 3.63) is 28.4 Å². The minimum absolute atomic E-state index is 0.287. The van der Waals surface area contributed by atoms with Crippen LogP contribution in [0.3, 0.4) is 0 Å². The zero-order chi connectivity index (χ0) is 14.3. The first-order chi connectivity index (χ1) is 9.61. The van der Waals surface area contributed by atoms with Crippen LogP contribution < -0.4 is 11.3 Å². The van der Waals surface area contributed by atoms with Gasteiger partial charge in [0.25, 0.3) is 0 Å². The standard InChI is InChI=1S/C9H9N9O2/c1-16-5(4-11-9(16)18(19)20)8-14-13-7-3-2-6(12-10)15-17(7)8/h2-4H,10H2,1H3,(H,12,15). The molecular weight excluding hydrogens is 266 g/mol. The number of imidazole rings is 1. The lowest BCUT2D eigenvalue weighted by Gasteiger charge is -2.01. The lowest BCUT2D eigenvalue weighted by Crippen LogP contribution is -2.10. The number of hydrogen-bond donors (Lipinski definition) is 2. The molecule has 0 aliphatic rings. The topological polar surface area (TPSA) is 142 Å². The summed E-state index contributed by atoms with van der Waals surface area (Å²) in [5.74, 6) is 5.76. The molecule has 0 saturated heterocycles. The first-order valence-corrected chi connectivity index (χ1v) is 5.47. The van der Waals surface area contributed by atoms with Gasteiger partial charge < -0.3 is 15.5 Å². The summed E-state index contributed by atoms with van der Waals surface area (Å²) in [7, 11) is 1.52. The number of nitrogens with one attached hydrogen (secondary N) is 1. The van der Waals surface area contributed by atoms with Gasteiger partial charge in [-0.25, -0.2) is 10.4 Å². The third-order valence-electron chi connectivity index (χ3n) is 2.77. The maximum Gasteiger partial charge on any atom is 0.434 e. The van der Waals surface area contributed by atoms with E-state index in [1.165, 1.54) is 22.3 Å². The summed E-state index contributed by atoms with van der Waals surface area (Å²) in [5.41, 5.74) is 3.32. The van der Waals surface area contributed by atoms with E-state index in [2.05, 4.69) is 25.7 Å². The molecule has 20 heavy (non-hydrogen) atoms. The van der Waals surface area contributed by atoms with Crippen molar-refractivity contribution in [1.29, 1.82) is 0 Å². The van der Waals surface area contributed by atoms with Crippen LogP contribution in [0.15, 0.2) is 18.3 Å². The molecule has 0 aromatic carbocycles. The van der Waals surface area contributed by atoms with Crippen LogP contribution in [0.5, 0.6) is 0 Å². The predicted molar refractivity (Wildman–Crippen MR) is 67.4 cm³/mol. The van der Waals surface area contributed by atoms with Gasteiger partial charge in [-0.2, -0.15) is 4.52 Å². The van der Waals surface area contributed by atoms with Gasteiger partial charge in [-0.1, -0.05) is 4.98 Å². The van der Waals surface area contributed by atoms with E-state index in [1.54, 1.807) is 12.1 Å². The predicted octanol–water partition coefficient (Wildman–Crippen LogP) is -0.281. The number of nitrogen functional groups attached to an aromatic ring is 1. The highest BCUT2D eigenvalue weighted by Gasteiger charge is 2.23. The number of fused-ring (bicyclic) bond motifs is 1. The second-order valence-electron chi connectivity index (χ2n) is 3.92. The Hall–Kier alpha value is -3.08. The molecule has 0 fully saturated rings. The molecular formula is C9H9N9O2. The molecule has 0 spiro atoms. The number of rotatable bonds is 3. The maximum atomic E-state index is 10.8. The van der Waals surface area contributed by atoms with Gasteiger partial charge in [0, 0.05) is 0 Å². The van der Waals surface area contributed by atoms with E-state index in [0.29, 0.717) is 23.0 Å². The fraction of sp³-hybridized carbons (Fsp3) is 0.111. The number of hydrogen-bond acceptors (Lipinski definition) is 8. The minimum atomic E-state index is -0.576. The van der Waals surface area contributed by atoms with Gasteiger partial charge in [-0.15, -0.1) is 15.3 Å². The summed E-state index contributed by atoms with van der Waals surface area (Å²) in [4.78, 5) is 14.0. The maximum absolute atomic E-state index is 10.8. The van der Waals surface area contributed by atoms with Crippen LogP contribution in [-0.2, 0) is 7.05 Å². The van der Waals surface area contributed by atoms with Crippen molar-refractivity contribution in [2.45, 2.75) is 0 Å². The highest BCUT2D eigenvalue weighted by molar-refractivity contribution is 5.56. The minimum Gasteiger partial charge on any atom is -0.390 e. The molecule has 0 atom stereocenters. The molecule has 11 nitrogen and oxygen atoms in total. The molecule has 0 aliphatic heterocycles. The van der Waals surface area contributed by atoms with Crippen molar-refractivity contribution in [1.82, 2.24) is 29.4 Å². The molecule has 0 radical (unpaired) electrons. The zero-order valence-electron chi connectivity index (χ0n) is 10.3. The first kappa shape index (κ1) is 12.0. The van der Waals surface area contributed by atoms with E-state index in [4.69, 9.17) is 5.84 Å². The second-order valence-corrected chi connectivity index (χ2v) is 3.92. The van der Waals surface area contributed by atoms with Crippen LogP contribution in [0, 0.1) is 10.1 Å². The largest absolute Gasteiger partial charge is 0.434 e. The van der Waals surface area contributed by atoms with Gasteiger partial charge >= 0.3 is 5.95 Å². The lowest BCUT2D eigenvalue weighted by molar-refractivity contribution is -0.396. The molecule has 0 bridgehead atoms. The Bertz CT molecular complexity index is 805. The second kappa shape index (κ2) is 4.24. The average Bonchev–Trinajstić information content (AvgIpc) is 3.01. The molecule has 0 unspecified atom stereocenters. The molecule has 102 valence electrons. The zero-order valence-corrected chi connectivity index (χ0v) is 10.3. The Morgan fingerprint density at radius 2 is 2.20 bits per heavy atom. The van der Waals surface area contributed by atoms with E-state index in [-0.39, 0.29) is 5.95 Å². The Morgan fingerprint density at radius 1 is 1.40 bits per heavy atom. The molecule has 3 rings (SSSR count). The summed E-state index contributed by atoms with van der Waals surface area (Å²) in [6.07, 6.45) is 1.35. The Morgan fingerprint density at radius 3 is 2.85 bits per heavy atom. The third kappa shape index (κ3) is 1.65. The van der Waals surface area contributed by atoms with E-state index >= 15 is 0 Å². The SMILES string of the molecule is Cn1c(-c2nnc3ccc(NN)nn23)cnc1[N+](=O)[O-]. The van der Waals surface area contributed by atoms with Gasteiger partial charge in [0.15, 0.2) is 17.2 Å². The molecule has 3 N–H and O–H groups in total. The van der Waals surface area contributed by atoms with Crippen LogP contribution in [0.2, 0.25) is 0 Å². The van der Waals surface area contributed by atoms with Crippen LogP contribution in [-0.4, -0.2) is 34.3 Å². The summed E-state index contributed by atoms with van der Waals surface area (Å²) >= 11 is 0. The molecule has 0 aliphatic carbocycles. The Labute approximate surface area is 111 Å². The Kier molecular flexibility index (Phi) is 2.54. The van der Waals surface area contributed by atoms with Crippen LogP contribution >= 0.6 is 0 Å². The summed E-state index contributed by atoms with van der Waals surface area (Å²) in [5, 5.41) is 22.9. The van der Waals surface area contributed by atoms with Gasteiger partial charge in [0.1, 0.15) is 6.20 Å². The quantitative estimate of drug-likeness (QED) is 0.377. The number of nitrogens with zero attached hydrogens (tertiary/aromatic N) is 7. The van der Waals surface area contributed by atoms with Crippen LogP contribution in [0.4, 0.5) is 11.8 Å². The van der Waals surface area contributed by atoms with Crippen molar-refractivity contribution < 1.29 is 4.92 Å². The first-order valence-electron chi connectivity index (χ1n) is 5.47. The molecule has 3 aromatic rings. The monoisotopic (exact) mass is 275 g/mol. The van der Waals surface area contributed by atoms with Gasteiger partial charge in [0.2, 0.25) is 5.82 Å².